The lowest BCUT2D eigenvalue weighted by Gasteiger charge is -2.39. The van der Waals surface area contributed by atoms with Crippen molar-refractivity contribution in [1.82, 2.24) is 14.8 Å². The Morgan fingerprint density at radius 1 is 1.36 bits per heavy atom. The van der Waals surface area contributed by atoms with Gasteiger partial charge in [-0.05, 0) is 25.0 Å². The lowest BCUT2D eigenvalue weighted by atomic mass is 9.95. The second-order valence-corrected chi connectivity index (χ2v) is 6.20. The molecule has 0 spiro atoms. The van der Waals surface area contributed by atoms with Gasteiger partial charge in [0.1, 0.15) is 0 Å². The Hall–Kier alpha value is -1.95. The molecule has 2 aliphatic heterocycles. The maximum absolute atomic E-state index is 12.4. The standard InChI is InChI=1S/C16H22N4O2/c1-18(2)16(22)11-19-9-7-14-13(19)5-6-15(21)20(14)12-4-3-8-17-10-12/h3-4,8,10,13-14H,5-7,9,11H2,1-2H3/t13-,14-/m1/s1. The van der Waals surface area contributed by atoms with E-state index in [2.05, 4.69) is 9.88 Å². The summed E-state index contributed by atoms with van der Waals surface area (Å²) in [6.07, 6.45) is 5.73. The normalized spacial score (nSPS) is 25.2. The highest BCUT2D eigenvalue weighted by molar-refractivity contribution is 5.95. The molecule has 2 atom stereocenters. The first-order valence-electron chi connectivity index (χ1n) is 7.74. The van der Waals surface area contributed by atoms with Crippen LogP contribution >= 0.6 is 0 Å². The number of piperidine rings is 1. The highest BCUT2D eigenvalue weighted by atomic mass is 16.2. The number of amides is 2. The summed E-state index contributed by atoms with van der Waals surface area (Å²) in [5, 5.41) is 0. The number of aromatic nitrogens is 1. The predicted octanol–water partition coefficient (Wildman–Crippen LogP) is 0.739. The number of carbonyl (C=O) groups excluding carboxylic acids is 2. The average molecular weight is 302 g/mol. The van der Waals surface area contributed by atoms with Gasteiger partial charge in [0.25, 0.3) is 0 Å². The minimum atomic E-state index is 0.116. The number of likely N-dealkylation sites (tertiary alicyclic amines) is 1. The van der Waals surface area contributed by atoms with Crippen molar-refractivity contribution in [3.63, 3.8) is 0 Å². The topological polar surface area (TPSA) is 56.8 Å². The number of carbonyl (C=O) groups is 2. The molecule has 22 heavy (non-hydrogen) atoms. The molecule has 2 aliphatic rings. The first-order chi connectivity index (χ1) is 10.6. The van der Waals surface area contributed by atoms with Crippen LogP contribution < -0.4 is 4.90 Å². The molecule has 2 fully saturated rings. The van der Waals surface area contributed by atoms with E-state index in [1.807, 2.05) is 17.0 Å². The van der Waals surface area contributed by atoms with Gasteiger partial charge in [-0.25, -0.2) is 0 Å². The maximum Gasteiger partial charge on any atom is 0.236 e. The van der Waals surface area contributed by atoms with Crippen LogP contribution in [0.25, 0.3) is 0 Å². The van der Waals surface area contributed by atoms with Crippen LogP contribution in [0, 0.1) is 0 Å². The third kappa shape index (κ3) is 2.70. The molecule has 1 aromatic rings. The third-order valence-corrected chi connectivity index (χ3v) is 4.64. The highest BCUT2D eigenvalue weighted by Crippen LogP contribution is 2.34. The van der Waals surface area contributed by atoms with Crippen LogP contribution in [0.5, 0.6) is 0 Å². The fourth-order valence-corrected chi connectivity index (χ4v) is 3.50. The van der Waals surface area contributed by atoms with E-state index in [-0.39, 0.29) is 23.9 Å². The van der Waals surface area contributed by atoms with Crippen molar-refractivity contribution >= 4 is 17.5 Å². The SMILES string of the molecule is CN(C)C(=O)CN1CC[C@@H]2[C@H]1CCC(=O)N2c1cccnc1. The van der Waals surface area contributed by atoms with E-state index in [4.69, 9.17) is 0 Å². The Morgan fingerprint density at radius 3 is 2.86 bits per heavy atom. The molecule has 0 N–H and O–H groups in total. The van der Waals surface area contributed by atoms with E-state index in [1.165, 1.54) is 0 Å². The number of hydrogen-bond donors (Lipinski definition) is 0. The molecule has 3 rings (SSSR count). The summed E-state index contributed by atoms with van der Waals surface area (Å²) in [6.45, 7) is 1.29. The Bertz CT molecular complexity index is 561. The van der Waals surface area contributed by atoms with Crippen molar-refractivity contribution in [3.8, 4) is 0 Å². The molecule has 2 saturated heterocycles. The van der Waals surface area contributed by atoms with Crippen LogP contribution in [0.2, 0.25) is 0 Å². The van der Waals surface area contributed by atoms with Gasteiger partial charge in [0.05, 0.1) is 24.5 Å². The monoisotopic (exact) mass is 302 g/mol. The molecule has 0 aromatic carbocycles. The van der Waals surface area contributed by atoms with Crippen LogP contribution in [0.15, 0.2) is 24.5 Å². The maximum atomic E-state index is 12.4. The number of pyridine rings is 1. The quantitative estimate of drug-likeness (QED) is 0.826. The number of anilines is 1. The van der Waals surface area contributed by atoms with E-state index < -0.39 is 0 Å². The Labute approximate surface area is 130 Å². The molecule has 6 nitrogen and oxygen atoms in total. The lowest BCUT2D eigenvalue weighted by Crippen LogP contribution is -2.53. The minimum Gasteiger partial charge on any atom is -0.348 e. The zero-order chi connectivity index (χ0) is 15.7. The van der Waals surface area contributed by atoms with Crippen LogP contribution in [-0.2, 0) is 9.59 Å². The number of likely N-dealkylation sites (N-methyl/N-ethyl adjacent to an activating group) is 1. The van der Waals surface area contributed by atoms with Gasteiger partial charge in [-0.15, -0.1) is 0 Å². The molecule has 3 heterocycles. The minimum absolute atomic E-state index is 0.116. The summed E-state index contributed by atoms with van der Waals surface area (Å²) in [7, 11) is 3.56. The van der Waals surface area contributed by atoms with Crippen molar-refractivity contribution in [2.45, 2.75) is 31.3 Å². The molecule has 0 aliphatic carbocycles. The van der Waals surface area contributed by atoms with Gasteiger partial charge in [-0.2, -0.15) is 0 Å². The van der Waals surface area contributed by atoms with E-state index in [0.717, 1.165) is 25.1 Å². The van der Waals surface area contributed by atoms with Crippen LogP contribution in [-0.4, -0.2) is 65.9 Å². The van der Waals surface area contributed by atoms with Gasteiger partial charge in [0, 0.05) is 39.3 Å². The zero-order valence-electron chi connectivity index (χ0n) is 13.1. The van der Waals surface area contributed by atoms with E-state index in [0.29, 0.717) is 13.0 Å². The molecule has 118 valence electrons. The number of fused-ring (bicyclic) bond motifs is 1. The summed E-state index contributed by atoms with van der Waals surface area (Å²) in [4.78, 5) is 34.2. The van der Waals surface area contributed by atoms with Crippen molar-refractivity contribution in [3.05, 3.63) is 24.5 Å². The van der Waals surface area contributed by atoms with E-state index in [1.54, 1.807) is 31.4 Å². The first-order valence-corrected chi connectivity index (χ1v) is 7.74. The Balaban J connectivity index is 1.78. The van der Waals surface area contributed by atoms with Crippen molar-refractivity contribution in [1.29, 1.82) is 0 Å². The Kier molecular flexibility index (Phi) is 4.11. The molecule has 6 heteroatoms. The van der Waals surface area contributed by atoms with Crippen molar-refractivity contribution < 1.29 is 9.59 Å². The molecule has 1 aromatic heterocycles. The van der Waals surface area contributed by atoms with Crippen molar-refractivity contribution in [2.24, 2.45) is 0 Å². The molecule has 0 radical (unpaired) electrons. The molecular weight excluding hydrogens is 280 g/mol. The van der Waals surface area contributed by atoms with Crippen molar-refractivity contribution in [2.75, 3.05) is 32.1 Å². The molecule has 0 saturated carbocycles. The van der Waals surface area contributed by atoms with E-state index >= 15 is 0 Å². The van der Waals surface area contributed by atoms with Crippen LogP contribution in [0.3, 0.4) is 0 Å². The highest BCUT2D eigenvalue weighted by Gasteiger charge is 2.44. The summed E-state index contributed by atoms with van der Waals surface area (Å²) >= 11 is 0. The predicted molar refractivity (Wildman–Crippen MR) is 83.4 cm³/mol. The number of rotatable bonds is 3. The van der Waals surface area contributed by atoms with Crippen LogP contribution in [0.1, 0.15) is 19.3 Å². The largest absolute Gasteiger partial charge is 0.348 e. The van der Waals surface area contributed by atoms with Gasteiger partial charge in [0.15, 0.2) is 0 Å². The fourth-order valence-electron chi connectivity index (χ4n) is 3.50. The van der Waals surface area contributed by atoms with Gasteiger partial charge < -0.3 is 9.80 Å². The summed E-state index contributed by atoms with van der Waals surface area (Å²) < 4.78 is 0. The third-order valence-electron chi connectivity index (χ3n) is 4.64. The van der Waals surface area contributed by atoms with Gasteiger partial charge in [-0.3, -0.25) is 19.5 Å². The van der Waals surface area contributed by atoms with E-state index in [9.17, 15) is 9.59 Å². The molecule has 0 bridgehead atoms. The Morgan fingerprint density at radius 2 is 2.18 bits per heavy atom. The summed E-state index contributed by atoms with van der Waals surface area (Å²) in [5.41, 5.74) is 0.864. The summed E-state index contributed by atoms with van der Waals surface area (Å²) in [6, 6.07) is 4.21. The first kappa shape index (κ1) is 15.0. The number of nitrogens with zero attached hydrogens (tertiary/aromatic N) is 4. The van der Waals surface area contributed by atoms with Gasteiger partial charge >= 0.3 is 0 Å². The summed E-state index contributed by atoms with van der Waals surface area (Å²) in [5.74, 6) is 0.278. The smallest absolute Gasteiger partial charge is 0.236 e. The zero-order valence-corrected chi connectivity index (χ0v) is 13.1. The molecule has 2 amide bonds. The molecule has 0 unspecified atom stereocenters. The fraction of sp³-hybridized carbons (Fsp3) is 0.562. The second-order valence-electron chi connectivity index (χ2n) is 6.20. The average Bonchev–Trinajstić information content (AvgIpc) is 2.90. The van der Waals surface area contributed by atoms with Gasteiger partial charge in [-0.1, -0.05) is 0 Å². The number of hydrogen-bond acceptors (Lipinski definition) is 4. The lowest BCUT2D eigenvalue weighted by molar-refractivity contribution is -0.130. The molecular formula is C16H22N4O2. The van der Waals surface area contributed by atoms with Crippen LogP contribution in [0.4, 0.5) is 5.69 Å². The van der Waals surface area contributed by atoms with Gasteiger partial charge in [0.2, 0.25) is 11.8 Å². The second kappa shape index (κ2) is 6.04.